The van der Waals surface area contributed by atoms with Crippen LogP contribution in [0.5, 0.6) is 5.88 Å². The zero-order chi connectivity index (χ0) is 20.5. The molecule has 8 heteroatoms. The van der Waals surface area contributed by atoms with Gasteiger partial charge in [0.15, 0.2) is 5.69 Å². The first-order valence-electron chi connectivity index (χ1n) is 11.0. The number of unbranched alkanes of at least 4 members (excludes halogenated alkanes) is 2. The molecule has 2 fully saturated rings. The number of hydrogen-bond donors (Lipinski definition) is 0. The smallest absolute Gasteiger partial charge is 0.274 e. The number of methoxy groups -OCH3 is 1. The van der Waals surface area contributed by atoms with Gasteiger partial charge in [0.05, 0.1) is 39.0 Å². The van der Waals surface area contributed by atoms with E-state index in [0.717, 1.165) is 71.5 Å². The summed E-state index contributed by atoms with van der Waals surface area (Å²) in [7, 11) is 1.68. The Labute approximate surface area is 174 Å². The average Bonchev–Trinajstić information content (AvgIpc) is 3.37. The molecule has 2 aliphatic heterocycles. The van der Waals surface area contributed by atoms with Crippen molar-refractivity contribution in [2.45, 2.75) is 51.6 Å². The number of nitrogens with zero attached hydrogens (tertiary/aromatic N) is 4. The predicted octanol–water partition coefficient (Wildman–Crippen LogP) is 2.04. The minimum absolute atomic E-state index is 0.0203. The van der Waals surface area contributed by atoms with Gasteiger partial charge in [-0.25, -0.2) is 4.68 Å². The van der Waals surface area contributed by atoms with E-state index in [4.69, 9.17) is 14.2 Å². The quantitative estimate of drug-likeness (QED) is 0.522. The Morgan fingerprint density at radius 2 is 2.07 bits per heavy atom. The minimum Gasteiger partial charge on any atom is -0.478 e. The van der Waals surface area contributed by atoms with Gasteiger partial charge in [0, 0.05) is 39.4 Å². The number of carbonyl (C=O) groups is 1. The number of ether oxygens (including phenoxy) is 3. The molecule has 0 aromatic carbocycles. The van der Waals surface area contributed by atoms with Gasteiger partial charge in [-0.15, -0.1) is 0 Å². The Morgan fingerprint density at radius 3 is 2.83 bits per heavy atom. The molecule has 164 valence electrons. The normalized spacial score (nSPS) is 20.3. The molecule has 8 nitrogen and oxygen atoms in total. The number of likely N-dealkylation sites (tertiary alicyclic amines) is 1. The Hall–Kier alpha value is -1.64. The molecule has 1 amide bonds. The van der Waals surface area contributed by atoms with Crippen LogP contribution in [0.4, 0.5) is 0 Å². The topological polar surface area (TPSA) is 69.1 Å². The summed E-state index contributed by atoms with van der Waals surface area (Å²) >= 11 is 0. The number of aromatic nitrogens is 2. The maximum absolute atomic E-state index is 13.1. The van der Waals surface area contributed by atoms with Crippen LogP contribution in [0.3, 0.4) is 0 Å². The van der Waals surface area contributed by atoms with E-state index < -0.39 is 0 Å². The van der Waals surface area contributed by atoms with Crippen LogP contribution in [0.1, 0.15) is 49.5 Å². The van der Waals surface area contributed by atoms with E-state index in [-0.39, 0.29) is 11.9 Å². The monoisotopic (exact) mass is 408 g/mol. The summed E-state index contributed by atoms with van der Waals surface area (Å²) in [6, 6.07) is 1.95. The first-order valence-corrected chi connectivity index (χ1v) is 11.0. The molecule has 29 heavy (non-hydrogen) atoms. The van der Waals surface area contributed by atoms with E-state index in [1.165, 1.54) is 0 Å². The lowest BCUT2D eigenvalue weighted by Crippen LogP contribution is -2.39. The number of carbonyl (C=O) groups excluding carboxylic acids is 1. The second kappa shape index (κ2) is 11.5. The van der Waals surface area contributed by atoms with Crippen LogP contribution in [0.15, 0.2) is 6.07 Å². The summed E-state index contributed by atoms with van der Waals surface area (Å²) in [5, 5.41) is 4.63. The molecule has 0 unspecified atom stereocenters. The van der Waals surface area contributed by atoms with Gasteiger partial charge in [0.25, 0.3) is 5.91 Å². The molecule has 3 heterocycles. The Morgan fingerprint density at radius 1 is 1.24 bits per heavy atom. The average molecular weight is 409 g/mol. The molecular formula is C21H36N4O4. The third-order valence-corrected chi connectivity index (χ3v) is 5.69. The van der Waals surface area contributed by atoms with Crippen molar-refractivity contribution in [3.05, 3.63) is 11.8 Å². The summed E-state index contributed by atoms with van der Waals surface area (Å²) in [4.78, 5) is 17.4. The third-order valence-electron chi connectivity index (χ3n) is 5.69. The zero-order valence-corrected chi connectivity index (χ0v) is 18.0. The van der Waals surface area contributed by atoms with Crippen LogP contribution in [-0.4, -0.2) is 91.2 Å². The lowest BCUT2D eigenvalue weighted by molar-refractivity contribution is 0.0356. The van der Waals surface area contributed by atoms with Gasteiger partial charge < -0.3 is 19.1 Å². The first kappa shape index (κ1) is 22.1. The summed E-state index contributed by atoms with van der Waals surface area (Å²) < 4.78 is 18.6. The SMILES string of the molecule is CCCCCOc1cc(C(=O)N2CCC[C@H]2COC)nn1CCN1CCOCC1. The van der Waals surface area contributed by atoms with Gasteiger partial charge in [-0.05, 0) is 19.3 Å². The number of morpholine rings is 1. The lowest BCUT2D eigenvalue weighted by atomic mass is 10.2. The fraction of sp³-hybridized carbons (Fsp3) is 0.810. The molecule has 0 bridgehead atoms. The standard InChI is InChI=1S/C21H36N4O4/c1-3-4-5-13-29-20-16-19(21(26)24-8-6-7-18(24)17-27-2)22-25(20)10-9-23-11-14-28-15-12-23/h16,18H,3-15,17H2,1-2H3/t18-/m0/s1. The lowest BCUT2D eigenvalue weighted by Gasteiger charge is -2.26. The van der Waals surface area contributed by atoms with Gasteiger partial charge in [-0.1, -0.05) is 19.8 Å². The fourth-order valence-electron chi connectivity index (χ4n) is 3.99. The van der Waals surface area contributed by atoms with Crippen LogP contribution < -0.4 is 4.74 Å². The van der Waals surface area contributed by atoms with E-state index in [1.54, 1.807) is 7.11 Å². The molecular weight excluding hydrogens is 372 g/mol. The van der Waals surface area contributed by atoms with Crippen molar-refractivity contribution in [1.82, 2.24) is 19.6 Å². The maximum Gasteiger partial charge on any atom is 0.274 e. The molecule has 0 aliphatic carbocycles. The van der Waals surface area contributed by atoms with Crippen molar-refractivity contribution >= 4 is 5.91 Å². The molecule has 1 aromatic heterocycles. The Kier molecular flexibility index (Phi) is 8.76. The minimum atomic E-state index is -0.0203. The summed E-state index contributed by atoms with van der Waals surface area (Å²) in [5.41, 5.74) is 0.473. The highest BCUT2D eigenvalue weighted by Crippen LogP contribution is 2.22. The van der Waals surface area contributed by atoms with E-state index in [9.17, 15) is 4.79 Å². The first-order chi connectivity index (χ1) is 14.2. The number of amides is 1. The van der Waals surface area contributed by atoms with Crippen molar-refractivity contribution in [3.63, 3.8) is 0 Å². The van der Waals surface area contributed by atoms with Crippen LogP contribution in [0, 0.1) is 0 Å². The van der Waals surface area contributed by atoms with Crippen molar-refractivity contribution in [3.8, 4) is 5.88 Å². The second-order valence-corrected chi connectivity index (χ2v) is 7.85. The number of rotatable bonds is 11. The molecule has 0 saturated carbocycles. The van der Waals surface area contributed by atoms with E-state index in [1.807, 2.05) is 15.6 Å². The second-order valence-electron chi connectivity index (χ2n) is 7.85. The highest BCUT2D eigenvalue weighted by atomic mass is 16.5. The van der Waals surface area contributed by atoms with Crippen molar-refractivity contribution in [2.24, 2.45) is 0 Å². The summed E-state index contributed by atoms with van der Waals surface area (Å²) in [5.74, 6) is 0.674. The molecule has 2 aliphatic rings. The van der Waals surface area contributed by atoms with Gasteiger partial charge in [0.1, 0.15) is 0 Å². The Bertz CT molecular complexity index is 630. The highest BCUT2D eigenvalue weighted by Gasteiger charge is 2.31. The molecule has 2 saturated heterocycles. The van der Waals surface area contributed by atoms with Gasteiger partial charge in [-0.3, -0.25) is 9.69 Å². The summed E-state index contributed by atoms with van der Waals surface area (Å²) in [6.07, 6.45) is 5.30. The molecule has 1 atom stereocenters. The zero-order valence-electron chi connectivity index (χ0n) is 18.0. The van der Waals surface area contributed by atoms with Crippen LogP contribution in [0.25, 0.3) is 0 Å². The van der Waals surface area contributed by atoms with Gasteiger partial charge >= 0.3 is 0 Å². The molecule has 1 aromatic rings. The predicted molar refractivity (Wildman–Crippen MR) is 110 cm³/mol. The van der Waals surface area contributed by atoms with E-state index >= 15 is 0 Å². The van der Waals surface area contributed by atoms with Crippen molar-refractivity contribution in [1.29, 1.82) is 0 Å². The number of hydrogen-bond acceptors (Lipinski definition) is 6. The molecule has 3 rings (SSSR count). The summed E-state index contributed by atoms with van der Waals surface area (Å²) in [6.45, 7) is 9.18. The maximum atomic E-state index is 13.1. The Balaban J connectivity index is 1.67. The molecule has 0 N–H and O–H groups in total. The van der Waals surface area contributed by atoms with Crippen LogP contribution in [0.2, 0.25) is 0 Å². The van der Waals surface area contributed by atoms with Gasteiger partial charge in [0.2, 0.25) is 5.88 Å². The van der Waals surface area contributed by atoms with Crippen molar-refractivity contribution in [2.75, 3.05) is 59.7 Å². The molecule has 0 spiro atoms. The third kappa shape index (κ3) is 6.17. The van der Waals surface area contributed by atoms with Gasteiger partial charge in [-0.2, -0.15) is 5.10 Å². The molecule has 0 radical (unpaired) electrons. The van der Waals surface area contributed by atoms with Crippen LogP contribution in [-0.2, 0) is 16.0 Å². The van der Waals surface area contributed by atoms with E-state index in [0.29, 0.717) is 31.3 Å². The largest absolute Gasteiger partial charge is 0.478 e. The van der Waals surface area contributed by atoms with E-state index in [2.05, 4.69) is 16.9 Å². The fourth-order valence-corrected chi connectivity index (χ4v) is 3.99. The van der Waals surface area contributed by atoms with Crippen LogP contribution >= 0.6 is 0 Å². The highest BCUT2D eigenvalue weighted by molar-refractivity contribution is 5.93. The van der Waals surface area contributed by atoms with Crippen molar-refractivity contribution < 1.29 is 19.0 Å².